The Kier molecular flexibility index (Phi) is 3.98. The quantitative estimate of drug-likeness (QED) is 0.360. The summed E-state index contributed by atoms with van der Waals surface area (Å²) >= 11 is 0. The molecule has 0 aliphatic rings. The van der Waals surface area contributed by atoms with Crippen LogP contribution in [0.5, 0.6) is 5.75 Å². The fraction of sp³-hybridized carbons (Fsp3) is 0.250. The Labute approximate surface area is 103 Å². The number of halogens is 4. The van der Waals surface area contributed by atoms with Crippen molar-refractivity contribution in [3.05, 3.63) is 34.4 Å². The lowest BCUT2D eigenvalue weighted by molar-refractivity contribution is -0.384. The van der Waals surface area contributed by atoms with Gasteiger partial charge in [0, 0.05) is 12.1 Å². The van der Waals surface area contributed by atoms with Gasteiger partial charge in [-0.1, -0.05) is 0 Å². The smallest absolute Gasteiger partial charge is 0.378 e. The van der Waals surface area contributed by atoms with Gasteiger partial charge in [0.15, 0.2) is 0 Å². The van der Waals surface area contributed by atoms with E-state index >= 15 is 0 Å². The number of hydrogen-bond acceptors (Lipinski definition) is 5. The van der Waals surface area contributed by atoms with Crippen molar-refractivity contribution in [3.63, 3.8) is 0 Å². The second-order valence-corrected chi connectivity index (χ2v) is 4.77. The predicted octanol–water partition coefficient (Wildman–Crippen LogP) is 2.16. The van der Waals surface area contributed by atoms with Crippen molar-refractivity contribution in [1.29, 1.82) is 0 Å². The first-order valence-electron chi connectivity index (χ1n) is 4.42. The third kappa shape index (κ3) is 3.10. The average molecular weight is 303 g/mol. The molecule has 0 aliphatic heterocycles. The maximum Gasteiger partial charge on any atom is 0.439 e. The normalized spacial score (nSPS) is 12.5. The number of rotatable bonds is 5. The number of non-ortho nitro benzene ring substituents is 1. The molecule has 1 rings (SSSR count). The molecule has 106 valence electrons. The molecule has 0 aliphatic carbocycles. The third-order valence-corrected chi connectivity index (χ3v) is 3.10. The molecule has 0 N–H and O–H groups in total. The maximum absolute atomic E-state index is 12.6. The third-order valence-electron chi connectivity index (χ3n) is 1.84. The van der Waals surface area contributed by atoms with E-state index in [1.54, 1.807) is 0 Å². The first-order valence-corrected chi connectivity index (χ1v) is 5.83. The first kappa shape index (κ1) is 15.1. The van der Waals surface area contributed by atoms with Gasteiger partial charge < -0.3 is 4.18 Å². The van der Waals surface area contributed by atoms with E-state index in [-0.39, 0.29) is 0 Å². The SMILES string of the molecule is O=[N+]([O-])c1ccc(OS(=O)(=O)C(F)(F)C(F)F)cc1. The van der Waals surface area contributed by atoms with Gasteiger partial charge in [0.2, 0.25) is 0 Å². The van der Waals surface area contributed by atoms with Crippen molar-refractivity contribution in [1.82, 2.24) is 0 Å². The Morgan fingerprint density at radius 3 is 2.05 bits per heavy atom. The van der Waals surface area contributed by atoms with E-state index in [0.717, 1.165) is 12.1 Å². The van der Waals surface area contributed by atoms with Gasteiger partial charge in [0.25, 0.3) is 5.69 Å². The van der Waals surface area contributed by atoms with Crippen LogP contribution < -0.4 is 4.18 Å². The molecule has 0 fully saturated rings. The Morgan fingerprint density at radius 2 is 1.68 bits per heavy atom. The van der Waals surface area contributed by atoms with Crippen LogP contribution in [0.25, 0.3) is 0 Å². The molecule has 19 heavy (non-hydrogen) atoms. The van der Waals surface area contributed by atoms with Gasteiger partial charge in [-0.25, -0.2) is 8.78 Å². The van der Waals surface area contributed by atoms with Gasteiger partial charge in [-0.05, 0) is 12.1 Å². The highest BCUT2D eigenvalue weighted by Gasteiger charge is 2.56. The summed E-state index contributed by atoms with van der Waals surface area (Å²) in [7, 11) is -5.90. The van der Waals surface area contributed by atoms with Crippen LogP contribution in [-0.4, -0.2) is 25.0 Å². The van der Waals surface area contributed by atoms with E-state index in [0.29, 0.717) is 12.1 Å². The van der Waals surface area contributed by atoms with Gasteiger partial charge >= 0.3 is 21.8 Å². The molecule has 0 radical (unpaired) electrons. The van der Waals surface area contributed by atoms with Crippen molar-refractivity contribution in [3.8, 4) is 5.75 Å². The van der Waals surface area contributed by atoms with Crippen LogP contribution in [0, 0.1) is 10.1 Å². The Hall–Kier alpha value is -1.91. The molecule has 11 heteroatoms. The minimum absolute atomic E-state index is 0.453. The van der Waals surface area contributed by atoms with Crippen molar-refractivity contribution in [2.24, 2.45) is 0 Å². The number of hydrogen-bond donors (Lipinski definition) is 0. The van der Waals surface area contributed by atoms with Gasteiger partial charge in [-0.2, -0.15) is 17.2 Å². The molecular formula is C8H5F4NO5S. The zero-order chi connectivity index (χ0) is 14.8. The standard InChI is InChI=1S/C8H5F4NO5S/c9-7(10)8(11,12)19(16,17)18-6-3-1-5(2-4-6)13(14)15/h1-4,7H. The second kappa shape index (κ2) is 4.99. The average Bonchev–Trinajstić information content (AvgIpc) is 2.28. The summed E-state index contributed by atoms with van der Waals surface area (Å²) in [6.07, 6.45) is -4.46. The Balaban J connectivity index is 2.99. The van der Waals surface area contributed by atoms with Crippen molar-refractivity contribution in [2.75, 3.05) is 0 Å². The number of alkyl halides is 4. The number of nitro groups is 1. The largest absolute Gasteiger partial charge is 0.439 e. The Bertz CT molecular complexity index is 571. The monoisotopic (exact) mass is 303 g/mol. The van der Waals surface area contributed by atoms with Crippen LogP contribution >= 0.6 is 0 Å². The van der Waals surface area contributed by atoms with Crippen molar-refractivity contribution >= 4 is 15.8 Å². The molecule has 1 aromatic rings. The summed E-state index contributed by atoms with van der Waals surface area (Å²) in [5, 5.41) is 4.89. The van der Waals surface area contributed by atoms with E-state index in [2.05, 4.69) is 4.18 Å². The molecule has 6 nitrogen and oxygen atoms in total. The molecular weight excluding hydrogens is 298 g/mol. The fourth-order valence-electron chi connectivity index (χ4n) is 0.915. The molecule has 0 saturated heterocycles. The topological polar surface area (TPSA) is 86.5 Å². The van der Waals surface area contributed by atoms with Crippen molar-refractivity contribution in [2.45, 2.75) is 11.7 Å². The van der Waals surface area contributed by atoms with E-state index in [1.165, 1.54) is 0 Å². The lowest BCUT2D eigenvalue weighted by atomic mass is 10.3. The van der Waals surface area contributed by atoms with Crippen LogP contribution in [0.4, 0.5) is 23.2 Å². The highest BCUT2D eigenvalue weighted by molar-refractivity contribution is 7.88. The molecule has 0 atom stereocenters. The van der Waals surface area contributed by atoms with E-state index < -0.39 is 38.2 Å². The van der Waals surface area contributed by atoms with Crippen LogP contribution in [0.2, 0.25) is 0 Å². The van der Waals surface area contributed by atoms with Gasteiger partial charge in [-0.3, -0.25) is 10.1 Å². The molecule has 0 heterocycles. The Morgan fingerprint density at radius 1 is 1.21 bits per heavy atom. The van der Waals surface area contributed by atoms with E-state index in [4.69, 9.17) is 0 Å². The summed E-state index contributed by atoms with van der Waals surface area (Å²) in [4.78, 5) is 9.45. The van der Waals surface area contributed by atoms with Crippen LogP contribution in [0.3, 0.4) is 0 Å². The molecule has 0 spiro atoms. The highest BCUT2D eigenvalue weighted by Crippen LogP contribution is 2.32. The lowest BCUT2D eigenvalue weighted by Gasteiger charge is -2.15. The van der Waals surface area contributed by atoms with E-state index in [9.17, 15) is 36.1 Å². The molecule has 0 unspecified atom stereocenters. The summed E-state index contributed by atoms with van der Waals surface area (Å²) in [6, 6.07) is 2.92. The van der Waals surface area contributed by atoms with Gasteiger partial charge in [0.05, 0.1) is 4.92 Å². The molecule has 1 aromatic carbocycles. The number of benzene rings is 1. The minimum Gasteiger partial charge on any atom is -0.378 e. The number of nitro benzene ring substituents is 1. The van der Waals surface area contributed by atoms with Gasteiger partial charge in [-0.15, -0.1) is 0 Å². The van der Waals surface area contributed by atoms with Crippen molar-refractivity contribution < 1.29 is 35.1 Å². The summed E-state index contributed by atoms with van der Waals surface area (Å²) in [5.74, 6) is -0.745. The first-order chi connectivity index (χ1) is 8.58. The van der Waals surface area contributed by atoms with E-state index in [1.807, 2.05) is 0 Å². The minimum atomic E-state index is -5.90. The summed E-state index contributed by atoms with van der Waals surface area (Å²) in [6.45, 7) is 0. The van der Waals surface area contributed by atoms with Crippen LogP contribution in [-0.2, 0) is 10.1 Å². The number of nitrogens with zero attached hydrogens (tertiary/aromatic N) is 1. The summed E-state index contributed by atoms with van der Waals surface area (Å²) < 4.78 is 74.6. The lowest BCUT2D eigenvalue weighted by Crippen LogP contribution is -2.39. The highest BCUT2D eigenvalue weighted by atomic mass is 32.2. The zero-order valence-corrected chi connectivity index (χ0v) is 9.61. The van der Waals surface area contributed by atoms with Crippen LogP contribution in [0.15, 0.2) is 24.3 Å². The molecule has 0 saturated carbocycles. The van der Waals surface area contributed by atoms with Crippen LogP contribution in [0.1, 0.15) is 0 Å². The second-order valence-electron chi connectivity index (χ2n) is 3.15. The maximum atomic E-state index is 12.6. The zero-order valence-electron chi connectivity index (χ0n) is 8.80. The molecule has 0 bridgehead atoms. The predicted molar refractivity (Wildman–Crippen MR) is 53.6 cm³/mol. The molecule has 0 amide bonds. The van der Waals surface area contributed by atoms with Gasteiger partial charge in [0.1, 0.15) is 5.75 Å². The molecule has 0 aromatic heterocycles. The fourth-order valence-corrected chi connectivity index (χ4v) is 1.61. The summed E-state index contributed by atoms with van der Waals surface area (Å²) in [5.41, 5.74) is -0.453.